The molecule has 0 amide bonds. The van der Waals surface area contributed by atoms with Gasteiger partial charge in [0.15, 0.2) is 5.75 Å². The van der Waals surface area contributed by atoms with E-state index in [2.05, 4.69) is 0 Å². The van der Waals surface area contributed by atoms with E-state index in [-0.39, 0.29) is 23.7 Å². The highest BCUT2D eigenvalue weighted by Gasteiger charge is 2.27. The van der Waals surface area contributed by atoms with E-state index >= 15 is 0 Å². The van der Waals surface area contributed by atoms with Crippen LogP contribution in [-0.2, 0) is 10.0 Å². The molecular weight excluding hydrogens is 375 g/mol. The van der Waals surface area contributed by atoms with Crippen molar-refractivity contribution >= 4 is 15.7 Å². The van der Waals surface area contributed by atoms with Gasteiger partial charge in [0, 0.05) is 19.2 Å². The second-order valence-corrected chi connectivity index (χ2v) is 7.73. The highest BCUT2D eigenvalue weighted by molar-refractivity contribution is 7.89. The first-order valence-electron chi connectivity index (χ1n) is 8.41. The van der Waals surface area contributed by atoms with Crippen LogP contribution in [0.1, 0.15) is 32.4 Å². The maximum Gasteiger partial charge on any atom is 0.312 e. The molecule has 0 bridgehead atoms. The molecule has 146 valence electrons. The summed E-state index contributed by atoms with van der Waals surface area (Å²) >= 11 is 0. The van der Waals surface area contributed by atoms with Gasteiger partial charge in [-0.2, -0.15) is 4.31 Å². The van der Waals surface area contributed by atoms with Gasteiger partial charge < -0.3 is 4.74 Å². The van der Waals surface area contributed by atoms with Crippen molar-refractivity contribution in [1.82, 2.24) is 4.31 Å². The summed E-state index contributed by atoms with van der Waals surface area (Å²) < 4.78 is 45.1. The second-order valence-electron chi connectivity index (χ2n) is 5.79. The minimum absolute atomic E-state index is 0.0599. The predicted octanol–water partition coefficient (Wildman–Crippen LogP) is 3.90. The average molecular weight is 396 g/mol. The molecule has 0 aliphatic carbocycles. The standard InChI is InChI=1S/C18H21FN2O5S/c1-4-20(5-2)27(24,25)16-10-11-18(17(12-16)21(22)23)26-13(3)14-6-8-15(19)9-7-14/h6-13H,4-5H2,1-3H3/t13-/m0/s1. The van der Waals surface area contributed by atoms with Crippen LogP contribution in [0.15, 0.2) is 47.4 Å². The molecule has 0 radical (unpaired) electrons. The molecule has 9 heteroatoms. The van der Waals surface area contributed by atoms with Crippen molar-refractivity contribution in [3.8, 4) is 5.75 Å². The lowest BCUT2D eigenvalue weighted by atomic mass is 10.1. The first-order chi connectivity index (χ1) is 12.7. The zero-order valence-electron chi connectivity index (χ0n) is 15.3. The molecule has 0 fully saturated rings. The Balaban J connectivity index is 2.38. The van der Waals surface area contributed by atoms with Crippen molar-refractivity contribution in [2.45, 2.75) is 31.8 Å². The molecule has 2 aromatic rings. The number of halogens is 1. The molecule has 0 aliphatic heterocycles. The Morgan fingerprint density at radius 2 is 1.74 bits per heavy atom. The number of nitrogens with zero attached hydrogens (tertiary/aromatic N) is 2. The van der Waals surface area contributed by atoms with Crippen molar-refractivity contribution in [2.75, 3.05) is 13.1 Å². The number of nitro benzene ring substituents is 1. The number of hydrogen-bond donors (Lipinski definition) is 0. The average Bonchev–Trinajstić information content (AvgIpc) is 2.63. The minimum Gasteiger partial charge on any atom is -0.479 e. The summed E-state index contributed by atoms with van der Waals surface area (Å²) in [5.74, 6) is -0.460. The molecule has 0 spiro atoms. The highest BCUT2D eigenvalue weighted by atomic mass is 32.2. The van der Waals surface area contributed by atoms with E-state index < -0.39 is 32.6 Å². The van der Waals surface area contributed by atoms with E-state index in [0.717, 1.165) is 6.07 Å². The molecular formula is C18H21FN2O5S. The van der Waals surface area contributed by atoms with E-state index in [0.29, 0.717) is 5.56 Å². The number of benzene rings is 2. The van der Waals surface area contributed by atoms with Gasteiger partial charge in [-0.15, -0.1) is 0 Å². The topological polar surface area (TPSA) is 89.8 Å². The van der Waals surface area contributed by atoms with E-state index in [1.54, 1.807) is 20.8 Å². The van der Waals surface area contributed by atoms with Crippen molar-refractivity contribution in [1.29, 1.82) is 0 Å². The van der Waals surface area contributed by atoms with E-state index in [1.807, 2.05) is 0 Å². The van der Waals surface area contributed by atoms with Gasteiger partial charge in [-0.1, -0.05) is 26.0 Å². The fourth-order valence-electron chi connectivity index (χ4n) is 2.60. The van der Waals surface area contributed by atoms with Gasteiger partial charge in [0.1, 0.15) is 11.9 Å². The van der Waals surface area contributed by atoms with Crippen molar-refractivity contribution in [3.63, 3.8) is 0 Å². The Kier molecular flexibility index (Phi) is 6.50. The zero-order chi connectivity index (χ0) is 20.2. The van der Waals surface area contributed by atoms with E-state index in [1.165, 1.54) is 40.7 Å². The highest BCUT2D eigenvalue weighted by Crippen LogP contribution is 2.34. The number of ether oxygens (including phenoxy) is 1. The zero-order valence-corrected chi connectivity index (χ0v) is 16.1. The Hall–Kier alpha value is -2.52. The summed E-state index contributed by atoms with van der Waals surface area (Å²) in [7, 11) is -3.83. The van der Waals surface area contributed by atoms with Gasteiger partial charge in [-0.3, -0.25) is 10.1 Å². The van der Waals surface area contributed by atoms with Gasteiger partial charge in [-0.25, -0.2) is 12.8 Å². The third-order valence-corrected chi connectivity index (χ3v) is 6.16. The predicted molar refractivity (Wildman–Crippen MR) is 98.6 cm³/mol. The Labute approximate surface area is 157 Å². The lowest BCUT2D eigenvalue weighted by Crippen LogP contribution is -2.30. The molecule has 0 aromatic heterocycles. The van der Waals surface area contributed by atoms with Crippen molar-refractivity contribution < 1.29 is 22.5 Å². The third-order valence-electron chi connectivity index (χ3n) is 4.11. The molecule has 0 saturated carbocycles. The maximum absolute atomic E-state index is 13.0. The van der Waals surface area contributed by atoms with Crippen LogP contribution in [0.5, 0.6) is 5.75 Å². The molecule has 27 heavy (non-hydrogen) atoms. The van der Waals surface area contributed by atoms with Crippen molar-refractivity contribution in [3.05, 3.63) is 64.0 Å². The first kappa shape index (κ1) is 20.8. The molecule has 0 heterocycles. The van der Waals surface area contributed by atoms with Crippen LogP contribution < -0.4 is 4.74 Å². The molecule has 7 nitrogen and oxygen atoms in total. The fourth-order valence-corrected chi connectivity index (χ4v) is 4.08. The van der Waals surface area contributed by atoms with Gasteiger partial charge in [0.05, 0.1) is 9.82 Å². The summed E-state index contributed by atoms with van der Waals surface area (Å²) in [5, 5.41) is 11.4. The second kappa shape index (κ2) is 8.45. The Morgan fingerprint density at radius 3 is 2.26 bits per heavy atom. The SMILES string of the molecule is CCN(CC)S(=O)(=O)c1ccc(O[C@@H](C)c2ccc(F)cc2)c([N+](=O)[O-])c1. The van der Waals surface area contributed by atoms with Crippen LogP contribution in [0.25, 0.3) is 0 Å². The largest absolute Gasteiger partial charge is 0.479 e. The first-order valence-corrected chi connectivity index (χ1v) is 9.85. The molecule has 0 aliphatic rings. The van der Waals surface area contributed by atoms with Gasteiger partial charge >= 0.3 is 5.69 Å². The smallest absolute Gasteiger partial charge is 0.312 e. The summed E-state index contributed by atoms with van der Waals surface area (Å²) in [6.45, 7) is 5.56. The molecule has 0 unspecified atom stereocenters. The quantitative estimate of drug-likeness (QED) is 0.499. The summed E-state index contributed by atoms with van der Waals surface area (Å²) in [6.07, 6.45) is -0.588. The number of rotatable bonds is 8. The van der Waals surface area contributed by atoms with Gasteiger partial charge in [-0.05, 0) is 36.8 Å². The van der Waals surface area contributed by atoms with E-state index in [9.17, 15) is 22.9 Å². The van der Waals surface area contributed by atoms with Crippen LogP contribution in [0, 0.1) is 15.9 Å². The summed E-state index contributed by atoms with van der Waals surface area (Å²) in [5.41, 5.74) is 0.183. The minimum atomic E-state index is -3.83. The van der Waals surface area contributed by atoms with Crippen LogP contribution in [0.3, 0.4) is 0 Å². The lowest BCUT2D eigenvalue weighted by molar-refractivity contribution is -0.386. The summed E-state index contributed by atoms with van der Waals surface area (Å²) in [4.78, 5) is 10.6. The van der Waals surface area contributed by atoms with Gasteiger partial charge in [0.2, 0.25) is 10.0 Å². The van der Waals surface area contributed by atoms with Crippen LogP contribution in [0.2, 0.25) is 0 Å². The number of hydrogen-bond acceptors (Lipinski definition) is 5. The van der Waals surface area contributed by atoms with Crippen LogP contribution in [-0.4, -0.2) is 30.7 Å². The number of nitro groups is 1. The molecule has 2 rings (SSSR count). The lowest BCUT2D eigenvalue weighted by Gasteiger charge is -2.19. The number of sulfonamides is 1. The maximum atomic E-state index is 13.0. The van der Waals surface area contributed by atoms with E-state index in [4.69, 9.17) is 4.74 Å². The summed E-state index contributed by atoms with van der Waals surface area (Å²) in [6, 6.07) is 9.13. The van der Waals surface area contributed by atoms with Crippen LogP contribution in [0.4, 0.5) is 10.1 Å². The van der Waals surface area contributed by atoms with Crippen LogP contribution >= 0.6 is 0 Å². The Morgan fingerprint density at radius 1 is 1.15 bits per heavy atom. The van der Waals surface area contributed by atoms with Gasteiger partial charge in [0.25, 0.3) is 0 Å². The molecule has 0 N–H and O–H groups in total. The fraction of sp³-hybridized carbons (Fsp3) is 0.333. The molecule has 1 atom stereocenters. The normalized spacial score (nSPS) is 12.8. The molecule has 2 aromatic carbocycles. The molecule has 0 saturated heterocycles. The van der Waals surface area contributed by atoms with Crippen molar-refractivity contribution in [2.24, 2.45) is 0 Å². The Bertz CT molecular complexity index is 912. The third kappa shape index (κ3) is 4.61. The monoisotopic (exact) mass is 396 g/mol.